The molecule has 0 fully saturated rings. The summed E-state index contributed by atoms with van der Waals surface area (Å²) in [6, 6.07) is 10.6. The van der Waals surface area contributed by atoms with Gasteiger partial charge in [0, 0.05) is 16.1 Å². The van der Waals surface area contributed by atoms with Gasteiger partial charge < -0.3 is 0 Å². The highest BCUT2D eigenvalue weighted by Gasteiger charge is 2.09. The second-order valence-electron chi connectivity index (χ2n) is 4.17. The van der Waals surface area contributed by atoms with Crippen LogP contribution in [0, 0.1) is 13.8 Å². The summed E-state index contributed by atoms with van der Waals surface area (Å²) in [6.07, 6.45) is 2.14. The number of aromatic nitrogens is 1. The maximum Gasteiger partial charge on any atom is 0.0931 e. The molecule has 90 valence electrons. The molecule has 3 heteroatoms. The Bertz CT molecular complexity index is 459. The first-order valence-electron chi connectivity index (χ1n) is 5.78. The van der Waals surface area contributed by atoms with E-state index in [4.69, 9.17) is 0 Å². The molecule has 17 heavy (non-hydrogen) atoms. The molecule has 0 spiro atoms. The Kier molecular flexibility index (Phi) is 4.35. The van der Waals surface area contributed by atoms with Gasteiger partial charge in [0.25, 0.3) is 0 Å². The zero-order valence-corrected chi connectivity index (χ0v) is 12.5. The highest BCUT2D eigenvalue weighted by Crippen LogP contribution is 2.28. The maximum absolute atomic E-state index is 4.57. The molecular formula is C14H16BrNS. The molecule has 2 aromatic rings. The molecule has 1 heterocycles. The van der Waals surface area contributed by atoms with E-state index in [1.165, 1.54) is 21.1 Å². The van der Waals surface area contributed by atoms with Gasteiger partial charge in [-0.2, -0.15) is 0 Å². The molecule has 1 aromatic carbocycles. The van der Waals surface area contributed by atoms with Crippen LogP contribution in [0.3, 0.4) is 0 Å². The van der Waals surface area contributed by atoms with Crippen LogP contribution in [0.25, 0.3) is 0 Å². The molecule has 0 aliphatic rings. The molecule has 0 radical (unpaired) electrons. The smallest absolute Gasteiger partial charge is 0.0931 e. The minimum Gasteiger partial charge on any atom is -0.246 e. The van der Waals surface area contributed by atoms with Crippen molar-refractivity contribution in [3.8, 4) is 0 Å². The second kappa shape index (κ2) is 5.78. The lowest BCUT2D eigenvalue weighted by Gasteiger charge is -2.08. The molecule has 1 nitrogen and oxygen atoms in total. The van der Waals surface area contributed by atoms with Gasteiger partial charge >= 0.3 is 0 Å². The summed E-state index contributed by atoms with van der Waals surface area (Å²) in [6.45, 7) is 4.22. The van der Waals surface area contributed by atoms with Crippen LogP contribution < -0.4 is 0 Å². The lowest BCUT2D eigenvalue weighted by Crippen LogP contribution is -1.93. The number of alkyl halides is 1. The van der Waals surface area contributed by atoms with Gasteiger partial charge in [0.2, 0.25) is 0 Å². The Balaban J connectivity index is 1.94. The fourth-order valence-corrected chi connectivity index (χ4v) is 3.21. The van der Waals surface area contributed by atoms with Crippen LogP contribution in [0.2, 0.25) is 0 Å². The van der Waals surface area contributed by atoms with Gasteiger partial charge in [-0.3, -0.25) is 0 Å². The monoisotopic (exact) mass is 309 g/mol. The molecule has 0 amide bonds. The molecule has 1 unspecified atom stereocenters. The van der Waals surface area contributed by atoms with Crippen LogP contribution >= 0.6 is 27.3 Å². The Morgan fingerprint density at radius 3 is 2.53 bits per heavy atom. The standard InChI is InChI=1S/C14H16BrNS/c1-10-11(2)17-14(16-10)9-8-13(15)12-6-4-3-5-7-12/h3-7,13H,8-9H2,1-2H3. The van der Waals surface area contributed by atoms with Gasteiger partial charge in [0.1, 0.15) is 0 Å². The fraction of sp³-hybridized carbons (Fsp3) is 0.357. The van der Waals surface area contributed by atoms with Crippen LogP contribution in [0.4, 0.5) is 0 Å². The summed E-state index contributed by atoms with van der Waals surface area (Å²) in [5, 5.41) is 1.25. The van der Waals surface area contributed by atoms with Crippen LogP contribution in [0.1, 0.15) is 32.4 Å². The number of aryl methyl sites for hydroxylation is 3. The molecule has 1 atom stereocenters. The van der Waals surface area contributed by atoms with E-state index < -0.39 is 0 Å². The molecule has 1 aromatic heterocycles. The first-order chi connectivity index (χ1) is 8.16. The van der Waals surface area contributed by atoms with Crippen LogP contribution in [-0.4, -0.2) is 4.98 Å². The summed E-state index contributed by atoms with van der Waals surface area (Å²) in [7, 11) is 0. The first-order valence-corrected chi connectivity index (χ1v) is 7.52. The van der Waals surface area contributed by atoms with Gasteiger partial charge in [0.15, 0.2) is 0 Å². The highest BCUT2D eigenvalue weighted by molar-refractivity contribution is 9.09. The van der Waals surface area contributed by atoms with Crippen molar-refractivity contribution in [3.63, 3.8) is 0 Å². The summed E-state index contributed by atoms with van der Waals surface area (Å²) < 4.78 is 0. The number of hydrogen-bond donors (Lipinski definition) is 0. The van der Waals surface area contributed by atoms with Gasteiger partial charge in [-0.05, 0) is 25.8 Å². The van der Waals surface area contributed by atoms with Crippen molar-refractivity contribution in [2.75, 3.05) is 0 Å². The number of thiazole rings is 1. The Morgan fingerprint density at radius 2 is 1.94 bits per heavy atom. The lowest BCUT2D eigenvalue weighted by atomic mass is 10.1. The van der Waals surface area contributed by atoms with Crippen molar-refractivity contribution in [2.24, 2.45) is 0 Å². The van der Waals surface area contributed by atoms with Crippen LogP contribution in [-0.2, 0) is 6.42 Å². The molecule has 0 aliphatic heterocycles. The topological polar surface area (TPSA) is 12.9 Å². The van der Waals surface area contributed by atoms with E-state index in [1.807, 2.05) is 11.3 Å². The maximum atomic E-state index is 4.57. The van der Waals surface area contributed by atoms with E-state index in [1.54, 1.807) is 0 Å². The molecule has 2 rings (SSSR count). The number of nitrogens with zero attached hydrogens (tertiary/aromatic N) is 1. The number of rotatable bonds is 4. The third-order valence-corrected chi connectivity index (χ3v) is 4.96. The van der Waals surface area contributed by atoms with E-state index >= 15 is 0 Å². The Hall–Kier alpha value is -0.670. The second-order valence-corrected chi connectivity index (χ2v) is 6.56. The molecule has 0 saturated heterocycles. The summed E-state index contributed by atoms with van der Waals surface area (Å²) >= 11 is 5.57. The summed E-state index contributed by atoms with van der Waals surface area (Å²) in [5.41, 5.74) is 2.52. The zero-order chi connectivity index (χ0) is 12.3. The molecular weight excluding hydrogens is 294 g/mol. The number of benzene rings is 1. The summed E-state index contributed by atoms with van der Waals surface area (Å²) in [4.78, 5) is 6.34. The largest absolute Gasteiger partial charge is 0.246 e. The van der Waals surface area contributed by atoms with Crippen molar-refractivity contribution in [1.29, 1.82) is 0 Å². The number of hydrogen-bond acceptors (Lipinski definition) is 2. The van der Waals surface area contributed by atoms with Gasteiger partial charge in [-0.15, -0.1) is 11.3 Å². The van der Waals surface area contributed by atoms with Crippen molar-refractivity contribution in [2.45, 2.75) is 31.5 Å². The highest BCUT2D eigenvalue weighted by atomic mass is 79.9. The van der Waals surface area contributed by atoms with Crippen molar-refractivity contribution >= 4 is 27.3 Å². The van der Waals surface area contributed by atoms with Crippen molar-refractivity contribution in [3.05, 3.63) is 51.5 Å². The zero-order valence-electron chi connectivity index (χ0n) is 10.1. The molecule has 0 saturated carbocycles. The van der Waals surface area contributed by atoms with Gasteiger partial charge in [-0.25, -0.2) is 4.98 Å². The minimum absolute atomic E-state index is 0.424. The molecule has 0 bridgehead atoms. The lowest BCUT2D eigenvalue weighted by molar-refractivity contribution is 0.805. The van der Waals surface area contributed by atoms with Crippen molar-refractivity contribution < 1.29 is 0 Å². The third kappa shape index (κ3) is 3.39. The average molecular weight is 310 g/mol. The van der Waals surface area contributed by atoms with E-state index in [-0.39, 0.29) is 0 Å². The van der Waals surface area contributed by atoms with Crippen LogP contribution in [0.5, 0.6) is 0 Å². The summed E-state index contributed by atoms with van der Waals surface area (Å²) in [5.74, 6) is 0. The van der Waals surface area contributed by atoms with E-state index in [2.05, 4.69) is 65.1 Å². The van der Waals surface area contributed by atoms with Gasteiger partial charge in [0.05, 0.1) is 10.7 Å². The third-order valence-electron chi connectivity index (χ3n) is 2.85. The Labute approximate surface area is 115 Å². The number of halogens is 1. The predicted octanol–water partition coefficient (Wildman–Crippen LogP) is 4.83. The van der Waals surface area contributed by atoms with E-state index in [0.717, 1.165) is 12.8 Å². The minimum atomic E-state index is 0.424. The van der Waals surface area contributed by atoms with E-state index in [0.29, 0.717) is 4.83 Å². The SMILES string of the molecule is Cc1nc(CCC(Br)c2ccccc2)sc1C. The van der Waals surface area contributed by atoms with Crippen molar-refractivity contribution in [1.82, 2.24) is 4.98 Å². The Morgan fingerprint density at radius 1 is 1.24 bits per heavy atom. The molecule has 0 aliphatic carbocycles. The normalized spacial score (nSPS) is 12.6. The quantitative estimate of drug-likeness (QED) is 0.737. The predicted molar refractivity (Wildman–Crippen MR) is 78.0 cm³/mol. The average Bonchev–Trinajstić information content (AvgIpc) is 2.67. The molecule has 0 N–H and O–H groups in total. The van der Waals surface area contributed by atoms with E-state index in [9.17, 15) is 0 Å². The fourth-order valence-electron chi connectivity index (χ4n) is 1.72. The van der Waals surface area contributed by atoms with Crippen LogP contribution in [0.15, 0.2) is 30.3 Å². The first kappa shape index (κ1) is 12.8. The van der Waals surface area contributed by atoms with Gasteiger partial charge in [-0.1, -0.05) is 46.3 Å².